The van der Waals surface area contributed by atoms with Crippen molar-refractivity contribution in [3.63, 3.8) is 0 Å². The second-order valence-corrected chi connectivity index (χ2v) is 9.79. The Labute approximate surface area is 187 Å². The van der Waals surface area contributed by atoms with Gasteiger partial charge in [-0.25, -0.2) is 4.79 Å². The number of likely N-dealkylation sites (tertiary alicyclic amines) is 1. The molecule has 1 saturated carbocycles. The molecule has 0 aromatic rings. The lowest BCUT2D eigenvalue weighted by molar-refractivity contribution is -0.152. The van der Waals surface area contributed by atoms with Gasteiger partial charge in [0, 0.05) is 11.6 Å². The first-order valence-electron chi connectivity index (χ1n) is 11.7. The summed E-state index contributed by atoms with van der Waals surface area (Å²) in [5.41, 5.74) is 5.35. The van der Waals surface area contributed by atoms with Crippen molar-refractivity contribution in [2.45, 2.75) is 116 Å². The molecule has 8 nitrogen and oxygen atoms in total. The van der Waals surface area contributed by atoms with E-state index in [-0.39, 0.29) is 29.4 Å². The van der Waals surface area contributed by atoms with Crippen LogP contribution in [0.5, 0.6) is 0 Å². The number of amides is 1. The number of esters is 1. The average molecular weight is 442 g/mol. The minimum absolute atomic E-state index is 0. The number of carbonyl (C=O) groups is 3. The van der Waals surface area contributed by atoms with Gasteiger partial charge in [-0.15, -0.1) is 0 Å². The number of nitrogens with two attached hydrogens (primary N) is 1. The van der Waals surface area contributed by atoms with Crippen molar-refractivity contribution in [3.05, 3.63) is 0 Å². The molecule has 1 heterocycles. The maximum atomic E-state index is 13.1. The molecule has 1 aliphatic carbocycles. The Balaban J connectivity index is 0.000000861. The van der Waals surface area contributed by atoms with E-state index in [0.29, 0.717) is 19.4 Å². The lowest BCUT2D eigenvalue weighted by Crippen LogP contribution is -2.55. The summed E-state index contributed by atoms with van der Waals surface area (Å²) in [4.78, 5) is 38.5. The molecule has 5 atom stereocenters. The Morgan fingerprint density at radius 3 is 2.29 bits per heavy atom. The van der Waals surface area contributed by atoms with Crippen molar-refractivity contribution in [1.82, 2.24) is 10.2 Å². The van der Waals surface area contributed by atoms with Crippen molar-refractivity contribution in [2.24, 2.45) is 11.7 Å². The first kappa shape index (κ1) is 27.4. The number of ether oxygens (including phenoxy) is 1. The highest BCUT2D eigenvalue weighted by molar-refractivity contribution is 5.88. The highest BCUT2D eigenvalue weighted by Gasteiger charge is 2.48. The predicted octanol–water partition coefficient (Wildman–Crippen LogP) is 2.68. The third-order valence-corrected chi connectivity index (χ3v) is 5.60. The number of nitrogens with zero attached hydrogens (tertiary/aromatic N) is 1. The van der Waals surface area contributed by atoms with Crippen molar-refractivity contribution < 1.29 is 24.2 Å². The Morgan fingerprint density at radius 1 is 1.19 bits per heavy atom. The molecule has 0 bridgehead atoms. The summed E-state index contributed by atoms with van der Waals surface area (Å²) in [5.74, 6) is -1.24. The van der Waals surface area contributed by atoms with Crippen LogP contribution in [0.2, 0.25) is 0 Å². The minimum Gasteiger partial charge on any atom is -0.480 e. The average Bonchev–Trinajstić information content (AvgIpc) is 3.05. The Hall–Kier alpha value is -1.67. The van der Waals surface area contributed by atoms with Crippen LogP contribution in [0.25, 0.3) is 0 Å². The number of hydrogen-bond acceptors (Lipinski definition) is 6. The zero-order valence-electron chi connectivity index (χ0n) is 20.1. The van der Waals surface area contributed by atoms with Gasteiger partial charge in [-0.2, -0.15) is 0 Å². The maximum Gasteiger partial charge on any atom is 0.326 e. The second kappa shape index (κ2) is 12.4. The van der Waals surface area contributed by atoms with Gasteiger partial charge in [0.25, 0.3) is 0 Å². The number of rotatable bonds is 8. The summed E-state index contributed by atoms with van der Waals surface area (Å²) in [7, 11) is 0. The van der Waals surface area contributed by atoms with E-state index in [1.165, 1.54) is 0 Å². The number of aliphatic carboxylic acids is 1. The molecule has 0 radical (unpaired) electrons. The third kappa shape index (κ3) is 8.77. The van der Waals surface area contributed by atoms with E-state index in [9.17, 15) is 19.5 Å². The van der Waals surface area contributed by atoms with Crippen LogP contribution in [0.15, 0.2) is 0 Å². The summed E-state index contributed by atoms with van der Waals surface area (Å²) in [6.45, 7) is 11.6. The van der Waals surface area contributed by atoms with Gasteiger partial charge >= 0.3 is 11.9 Å². The molecule has 2 rings (SSSR count). The third-order valence-electron chi connectivity index (χ3n) is 5.60. The number of nitrogens with one attached hydrogen (secondary N) is 1. The van der Waals surface area contributed by atoms with Crippen LogP contribution in [0.1, 0.15) is 86.5 Å². The van der Waals surface area contributed by atoms with Crippen molar-refractivity contribution >= 4 is 17.8 Å². The molecule has 180 valence electrons. The molecule has 4 N–H and O–H groups in total. The van der Waals surface area contributed by atoms with Gasteiger partial charge in [-0.1, -0.05) is 26.2 Å². The summed E-state index contributed by atoms with van der Waals surface area (Å²) in [6, 6.07) is -1.92. The number of carboxylic acid groups (broad SMARTS) is 1. The van der Waals surface area contributed by atoms with Gasteiger partial charge in [-0.05, 0) is 66.2 Å². The Bertz CT molecular complexity index is 599. The van der Waals surface area contributed by atoms with Gasteiger partial charge in [0.15, 0.2) is 0 Å². The molecule has 8 heteroatoms. The summed E-state index contributed by atoms with van der Waals surface area (Å²) >= 11 is 0. The van der Waals surface area contributed by atoms with Crippen LogP contribution in [0.4, 0.5) is 0 Å². The Kier molecular flexibility index (Phi) is 10.9. The molecule has 1 amide bonds. The standard InChI is InChI=1S/C19H32N2O5.C4H11N/c1-4-8-14(19(25)26-5-2)20-12(3)17(22)21-15-10-7-6-9-13(15)11-16(21)18(23)24;1-4(2,3)5/h12-16,20H,4-11H2,1-3H3,(H,23,24);5H2,1-3H3/t12?,13-,14?,15-,16-;/m0./s1. The van der Waals surface area contributed by atoms with E-state index in [0.717, 1.165) is 32.1 Å². The first-order valence-corrected chi connectivity index (χ1v) is 11.7. The highest BCUT2D eigenvalue weighted by Crippen LogP contribution is 2.40. The van der Waals surface area contributed by atoms with Gasteiger partial charge in [0.2, 0.25) is 5.91 Å². The van der Waals surface area contributed by atoms with Crippen molar-refractivity contribution in [2.75, 3.05) is 6.61 Å². The lowest BCUT2D eigenvalue weighted by Gasteiger charge is -2.35. The molecule has 0 spiro atoms. The lowest BCUT2D eigenvalue weighted by atomic mass is 9.84. The van der Waals surface area contributed by atoms with Crippen LogP contribution in [-0.2, 0) is 19.1 Å². The molecule has 2 aliphatic rings. The quantitative estimate of drug-likeness (QED) is 0.495. The first-order chi connectivity index (χ1) is 14.4. The normalized spacial score (nSPS) is 25.0. The topological polar surface area (TPSA) is 122 Å². The molecular formula is C23H43N3O5. The molecular weight excluding hydrogens is 398 g/mol. The minimum atomic E-state index is -0.935. The maximum absolute atomic E-state index is 13.1. The second-order valence-electron chi connectivity index (χ2n) is 9.79. The summed E-state index contributed by atoms with van der Waals surface area (Å²) < 4.78 is 5.09. The van der Waals surface area contributed by atoms with Crippen LogP contribution < -0.4 is 11.1 Å². The van der Waals surface area contributed by atoms with Crippen LogP contribution in [0.3, 0.4) is 0 Å². The smallest absolute Gasteiger partial charge is 0.326 e. The van der Waals surface area contributed by atoms with E-state index < -0.39 is 24.1 Å². The van der Waals surface area contributed by atoms with Crippen molar-refractivity contribution in [3.8, 4) is 0 Å². The number of carbonyl (C=O) groups excluding carboxylic acids is 2. The van der Waals surface area contributed by atoms with E-state index in [2.05, 4.69) is 5.32 Å². The SMILES string of the molecule is CC(C)(C)N.CCCC(NC(C)C(=O)N1[C@H](C(=O)O)C[C@@H]2CCCC[C@@H]21)C(=O)OCC. The van der Waals surface area contributed by atoms with Gasteiger partial charge in [-0.3, -0.25) is 14.9 Å². The van der Waals surface area contributed by atoms with Gasteiger partial charge < -0.3 is 20.5 Å². The number of fused-ring (bicyclic) bond motifs is 1. The molecule has 0 aromatic carbocycles. The zero-order chi connectivity index (χ0) is 23.8. The van der Waals surface area contributed by atoms with Crippen LogP contribution in [0, 0.1) is 5.92 Å². The monoisotopic (exact) mass is 441 g/mol. The molecule has 2 fully saturated rings. The Morgan fingerprint density at radius 2 is 1.77 bits per heavy atom. The largest absolute Gasteiger partial charge is 0.480 e. The number of hydrogen-bond donors (Lipinski definition) is 3. The molecule has 0 aromatic heterocycles. The zero-order valence-corrected chi connectivity index (χ0v) is 20.1. The van der Waals surface area contributed by atoms with Gasteiger partial charge in [0.1, 0.15) is 12.1 Å². The van der Waals surface area contributed by atoms with Crippen LogP contribution in [-0.4, -0.2) is 64.2 Å². The van der Waals surface area contributed by atoms with Crippen molar-refractivity contribution in [1.29, 1.82) is 0 Å². The molecule has 1 saturated heterocycles. The molecule has 1 aliphatic heterocycles. The van der Waals surface area contributed by atoms with Crippen LogP contribution >= 0.6 is 0 Å². The van der Waals surface area contributed by atoms with E-state index in [1.54, 1.807) is 18.7 Å². The van der Waals surface area contributed by atoms with Gasteiger partial charge in [0.05, 0.1) is 12.6 Å². The summed E-state index contributed by atoms with van der Waals surface area (Å²) in [5, 5.41) is 12.7. The summed E-state index contributed by atoms with van der Waals surface area (Å²) in [6.07, 6.45) is 5.87. The highest BCUT2D eigenvalue weighted by atomic mass is 16.5. The number of carboxylic acids is 1. The van der Waals surface area contributed by atoms with E-state index in [4.69, 9.17) is 10.5 Å². The van der Waals surface area contributed by atoms with E-state index >= 15 is 0 Å². The fourth-order valence-corrected chi connectivity index (χ4v) is 4.39. The molecule has 2 unspecified atom stereocenters. The van der Waals surface area contributed by atoms with E-state index in [1.807, 2.05) is 27.7 Å². The predicted molar refractivity (Wildman–Crippen MR) is 120 cm³/mol. The fourth-order valence-electron chi connectivity index (χ4n) is 4.39. The molecule has 31 heavy (non-hydrogen) atoms. The fraction of sp³-hybridized carbons (Fsp3) is 0.870.